The normalized spacial score (nSPS) is 15.0. The predicted molar refractivity (Wildman–Crippen MR) is 87.8 cm³/mol. The van der Waals surface area contributed by atoms with Crippen molar-refractivity contribution in [2.24, 2.45) is 0 Å². The summed E-state index contributed by atoms with van der Waals surface area (Å²) in [6, 6.07) is 5.27. The summed E-state index contributed by atoms with van der Waals surface area (Å²) in [4.78, 5) is 22.7. The summed E-state index contributed by atoms with van der Waals surface area (Å²) in [5.74, 6) is 0.758. The van der Waals surface area contributed by atoms with Crippen LogP contribution in [0.4, 0.5) is 0 Å². The lowest BCUT2D eigenvalue weighted by Gasteiger charge is -2.19. The summed E-state index contributed by atoms with van der Waals surface area (Å²) in [5, 5.41) is 0. The van der Waals surface area contributed by atoms with Crippen molar-refractivity contribution in [3.63, 3.8) is 0 Å². The van der Waals surface area contributed by atoms with Crippen molar-refractivity contribution in [3.05, 3.63) is 47.8 Å². The van der Waals surface area contributed by atoms with Crippen LogP contribution < -0.4 is 4.72 Å². The zero-order valence-corrected chi connectivity index (χ0v) is 14.2. The van der Waals surface area contributed by atoms with Crippen molar-refractivity contribution in [3.8, 4) is 0 Å². The van der Waals surface area contributed by atoms with E-state index >= 15 is 0 Å². The summed E-state index contributed by atoms with van der Waals surface area (Å²) < 4.78 is 27.0. The molecule has 1 aliphatic heterocycles. The number of amides is 1. The van der Waals surface area contributed by atoms with Gasteiger partial charge in [-0.15, -0.1) is 0 Å². The number of aromatic nitrogens is 3. The fourth-order valence-electron chi connectivity index (χ4n) is 2.69. The Morgan fingerprint density at radius 2 is 2.08 bits per heavy atom. The van der Waals surface area contributed by atoms with E-state index in [2.05, 4.69) is 14.7 Å². The molecular weight excluding hydrogens is 330 g/mol. The minimum absolute atomic E-state index is 0.0998. The quantitative estimate of drug-likeness (QED) is 0.840. The molecular formula is C15H19N5O3S. The zero-order valence-electron chi connectivity index (χ0n) is 13.3. The highest BCUT2D eigenvalue weighted by molar-refractivity contribution is 7.88. The van der Waals surface area contributed by atoms with E-state index in [1.54, 1.807) is 35.5 Å². The second-order valence-corrected chi connectivity index (χ2v) is 7.50. The van der Waals surface area contributed by atoms with E-state index in [0.29, 0.717) is 31.7 Å². The van der Waals surface area contributed by atoms with Crippen LogP contribution in [0.3, 0.4) is 0 Å². The molecule has 0 bridgehead atoms. The van der Waals surface area contributed by atoms with Crippen LogP contribution in [0, 0.1) is 0 Å². The van der Waals surface area contributed by atoms with Crippen molar-refractivity contribution in [2.45, 2.75) is 19.5 Å². The van der Waals surface area contributed by atoms with Crippen LogP contribution in [-0.4, -0.2) is 53.1 Å². The van der Waals surface area contributed by atoms with Crippen molar-refractivity contribution in [1.29, 1.82) is 0 Å². The lowest BCUT2D eigenvalue weighted by atomic mass is 10.3. The minimum Gasteiger partial charge on any atom is -0.335 e. The van der Waals surface area contributed by atoms with Gasteiger partial charge in [0, 0.05) is 38.4 Å². The van der Waals surface area contributed by atoms with Crippen molar-refractivity contribution < 1.29 is 13.2 Å². The van der Waals surface area contributed by atoms with Gasteiger partial charge in [-0.25, -0.2) is 18.1 Å². The molecule has 0 atom stereocenters. The number of hydrogen-bond donors (Lipinski definition) is 1. The highest BCUT2D eigenvalue weighted by Gasteiger charge is 2.22. The van der Waals surface area contributed by atoms with Gasteiger partial charge in [-0.3, -0.25) is 9.78 Å². The number of sulfonamides is 1. The Kier molecular flexibility index (Phi) is 4.63. The largest absolute Gasteiger partial charge is 0.335 e. The van der Waals surface area contributed by atoms with Crippen LogP contribution in [0.5, 0.6) is 0 Å². The lowest BCUT2D eigenvalue weighted by Crippen LogP contribution is -2.34. The van der Waals surface area contributed by atoms with Crippen LogP contribution in [0.1, 0.15) is 22.0 Å². The van der Waals surface area contributed by atoms with Crippen LogP contribution in [0.25, 0.3) is 0 Å². The van der Waals surface area contributed by atoms with Gasteiger partial charge in [0.2, 0.25) is 10.0 Å². The predicted octanol–water partition coefficient (Wildman–Crippen LogP) is 0.0258. The first-order valence-corrected chi connectivity index (χ1v) is 9.51. The first kappa shape index (κ1) is 16.6. The van der Waals surface area contributed by atoms with E-state index in [4.69, 9.17) is 0 Å². The summed E-state index contributed by atoms with van der Waals surface area (Å²) in [6.45, 7) is 1.87. The Balaban J connectivity index is 1.71. The van der Waals surface area contributed by atoms with Gasteiger partial charge in [0.15, 0.2) is 0 Å². The second kappa shape index (κ2) is 6.70. The molecule has 0 aliphatic carbocycles. The maximum Gasteiger partial charge on any atom is 0.272 e. The number of rotatable bonds is 4. The molecule has 0 saturated heterocycles. The van der Waals surface area contributed by atoms with E-state index < -0.39 is 10.0 Å². The van der Waals surface area contributed by atoms with Crippen molar-refractivity contribution in [2.75, 3.05) is 19.3 Å². The van der Waals surface area contributed by atoms with E-state index in [1.165, 1.54) is 0 Å². The monoisotopic (exact) mass is 349 g/mol. The standard InChI is InChI=1S/C15H19N5O3S/c1-24(22,23)18-11-12-10-17-14-5-7-19(8-9-20(12)14)15(21)13-4-2-3-6-16-13/h2-4,6,10,18H,5,7-9,11H2,1H3. The highest BCUT2D eigenvalue weighted by atomic mass is 32.2. The average molecular weight is 349 g/mol. The molecule has 0 saturated carbocycles. The van der Waals surface area contributed by atoms with E-state index in [0.717, 1.165) is 17.8 Å². The van der Waals surface area contributed by atoms with E-state index in [-0.39, 0.29) is 12.5 Å². The Labute approximate surface area is 140 Å². The number of imidazole rings is 1. The van der Waals surface area contributed by atoms with Gasteiger partial charge in [-0.2, -0.15) is 0 Å². The zero-order chi connectivity index (χ0) is 17.2. The number of nitrogens with zero attached hydrogens (tertiary/aromatic N) is 4. The maximum absolute atomic E-state index is 12.5. The first-order valence-electron chi connectivity index (χ1n) is 7.62. The molecule has 1 aliphatic rings. The van der Waals surface area contributed by atoms with Crippen LogP contribution in [0.2, 0.25) is 0 Å². The molecule has 24 heavy (non-hydrogen) atoms. The highest BCUT2D eigenvalue weighted by Crippen LogP contribution is 2.13. The van der Waals surface area contributed by atoms with E-state index in [1.807, 2.05) is 4.57 Å². The molecule has 128 valence electrons. The molecule has 2 aromatic heterocycles. The average Bonchev–Trinajstić information content (AvgIpc) is 2.82. The number of pyridine rings is 1. The smallest absolute Gasteiger partial charge is 0.272 e. The van der Waals surface area contributed by atoms with Crippen molar-refractivity contribution >= 4 is 15.9 Å². The van der Waals surface area contributed by atoms with E-state index in [9.17, 15) is 13.2 Å². The van der Waals surface area contributed by atoms with Crippen LogP contribution in [0.15, 0.2) is 30.6 Å². The third-order valence-corrected chi connectivity index (χ3v) is 4.58. The fraction of sp³-hybridized carbons (Fsp3) is 0.400. The summed E-state index contributed by atoms with van der Waals surface area (Å²) in [5.41, 5.74) is 1.22. The van der Waals surface area contributed by atoms with Gasteiger partial charge in [0.1, 0.15) is 11.5 Å². The Morgan fingerprint density at radius 1 is 1.25 bits per heavy atom. The molecule has 0 fully saturated rings. The molecule has 0 spiro atoms. The molecule has 0 radical (unpaired) electrons. The van der Waals surface area contributed by atoms with Crippen LogP contribution >= 0.6 is 0 Å². The van der Waals surface area contributed by atoms with Gasteiger partial charge in [-0.05, 0) is 12.1 Å². The Morgan fingerprint density at radius 3 is 2.79 bits per heavy atom. The third-order valence-electron chi connectivity index (χ3n) is 3.91. The van der Waals surface area contributed by atoms with Crippen molar-refractivity contribution in [1.82, 2.24) is 24.2 Å². The SMILES string of the molecule is CS(=O)(=O)NCc1cnc2n1CCN(C(=O)c1ccccn1)CC2. The first-order chi connectivity index (χ1) is 11.4. The Hall–Kier alpha value is -2.26. The summed E-state index contributed by atoms with van der Waals surface area (Å²) in [6.07, 6.45) is 5.03. The molecule has 0 aromatic carbocycles. The van der Waals surface area contributed by atoms with Gasteiger partial charge >= 0.3 is 0 Å². The van der Waals surface area contributed by atoms with Gasteiger partial charge in [0.25, 0.3) is 5.91 Å². The number of carbonyl (C=O) groups excluding carboxylic acids is 1. The third kappa shape index (κ3) is 3.80. The number of hydrogen-bond acceptors (Lipinski definition) is 5. The topological polar surface area (TPSA) is 97.2 Å². The Bertz CT molecular complexity index is 832. The molecule has 3 heterocycles. The summed E-state index contributed by atoms with van der Waals surface area (Å²) >= 11 is 0. The molecule has 8 nitrogen and oxygen atoms in total. The molecule has 1 N–H and O–H groups in total. The fourth-order valence-corrected chi connectivity index (χ4v) is 3.10. The molecule has 3 rings (SSSR count). The van der Waals surface area contributed by atoms with Crippen LogP contribution in [-0.2, 0) is 29.5 Å². The molecule has 2 aromatic rings. The number of carbonyl (C=O) groups is 1. The number of nitrogens with one attached hydrogen (secondary N) is 1. The summed E-state index contributed by atoms with van der Waals surface area (Å²) in [7, 11) is -3.26. The van der Waals surface area contributed by atoms with Gasteiger partial charge < -0.3 is 9.47 Å². The molecule has 1 amide bonds. The lowest BCUT2D eigenvalue weighted by molar-refractivity contribution is 0.0753. The van der Waals surface area contributed by atoms with Gasteiger partial charge in [0.05, 0.1) is 18.5 Å². The van der Waals surface area contributed by atoms with Gasteiger partial charge in [-0.1, -0.05) is 6.07 Å². The maximum atomic E-state index is 12.5. The minimum atomic E-state index is -3.26. The second-order valence-electron chi connectivity index (χ2n) is 5.67. The molecule has 0 unspecified atom stereocenters. The molecule has 9 heteroatoms. The number of fused-ring (bicyclic) bond motifs is 1.